The highest BCUT2D eigenvalue weighted by molar-refractivity contribution is 7.99. The average Bonchev–Trinajstić information content (AvgIpc) is 3.80. The van der Waals surface area contributed by atoms with Crippen LogP contribution in [0.5, 0.6) is 0 Å². The van der Waals surface area contributed by atoms with Crippen LogP contribution in [0.15, 0.2) is 202 Å². The van der Waals surface area contributed by atoms with Crippen LogP contribution in [0.2, 0.25) is 0 Å². The van der Waals surface area contributed by atoms with E-state index in [0.29, 0.717) is 17.5 Å². The molecule has 10 aromatic rings. The molecule has 0 N–H and O–H groups in total. The lowest BCUT2D eigenvalue weighted by Crippen LogP contribution is -2.32. The maximum absolute atomic E-state index is 6.27. The van der Waals surface area contributed by atoms with Crippen molar-refractivity contribution in [1.29, 1.82) is 0 Å². The molecule has 0 unspecified atom stereocenters. The fourth-order valence-corrected chi connectivity index (χ4v) is 10.3. The third-order valence-electron chi connectivity index (χ3n) is 11.6. The van der Waals surface area contributed by atoms with E-state index in [0.717, 1.165) is 49.8 Å². The number of fused-ring (bicyclic) bond motifs is 12. The summed E-state index contributed by atoms with van der Waals surface area (Å²) < 4.78 is 6.27. The van der Waals surface area contributed by atoms with Gasteiger partial charge in [0, 0.05) is 37.3 Å². The lowest BCUT2D eigenvalue weighted by atomic mass is 9.67. The van der Waals surface area contributed by atoms with Crippen molar-refractivity contribution in [2.45, 2.75) is 15.2 Å². The van der Waals surface area contributed by atoms with Crippen molar-refractivity contribution in [3.8, 4) is 56.4 Å². The molecular formula is C52H31N3OS. The molecule has 1 aliphatic carbocycles. The number of nitrogens with zero attached hydrogens (tertiary/aromatic N) is 3. The molecule has 12 rings (SSSR count). The van der Waals surface area contributed by atoms with E-state index in [9.17, 15) is 0 Å². The van der Waals surface area contributed by atoms with Crippen molar-refractivity contribution in [2.24, 2.45) is 0 Å². The van der Waals surface area contributed by atoms with Gasteiger partial charge in [0.1, 0.15) is 11.2 Å². The van der Waals surface area contributed by atoms with Gasteiger partial charge < -0.3 is 4.42 Å². The SMILES string of the molecule is c1ccc(-c2nc(-c3cccc(-c4ccc5c(c4)C4(c6ccccc6S5)c5ccccc5-c5ccccc54)c3)nc(-c3ccc4c(c3)oc3ccccc34)n2)cc1. The normalized spacial score (nSPS) is 13.3. The van der Waals surface area contributed by atoms with E-state index in [2.05, 4.69) is 133 Å². The van der Waals surface area contributed by atoms with E-state index < -0.39 is 5.41 Å². The van der Waals surface area contributed by atoms with E-state index in [1.54, 1.807) is 0 Å². The zero-order valence-electron chi connectivity index (χ0n) is 30.6. The number of rotatable bonds is 4. The van der Waals surface area contributed by atoms with Gasteiger partial charge in [-0.15, -0.1) is 0 Å². The van der Waals surface area contributed by atoms with Crippen LogP contribution in [-0.4, -0.2) is 15.0 Å². The Bertz CT molecular complexity index is 3200. The zero-order valence-corrected chi connectivity index (χ0v) is 31.4. The molecule has 0 radical (unpaired) electrons. The quantitative estimate of drug-likeness (QED) is 0.180. The molecule has 3 heterocycles. The van der Waals surface area contributed by atoms with Crippen molar-refractivity contribution in [3.63, 3.8) is 0 Å². The first-order valence-electron chi connectivity index (χ1n) is 19.2. The van der Waals surface area contributed by atoms with Crippen LogP contribution >= 0.6 is 11.8 Å². The summed E-state index contributed by atoms with van der Waals surface area (Å²) in [4.78, 5) is 17.8. The molecule has 8 aromatic carbocycles. The maximum atomic E-state index is 6.27. The molecule has 0 amide bonds. The molecule has 57 heavy (non-hydrogen) atoms. The largest absolute Gasteiger partial charge is 0.456 e. The Hall–Kier alpha value is -7.08. The Kier molecular flexibility index (Phi) is 7.04. The summed E-state index contributed by atoms with van der Waals surface area (Å²) in [6, 6.07) is 66.9. The molecule has 0 atom stereocenters. The number of hydrogen-bond acceptors (Lipinski definition) is 5. The molecule has 0 bridgehead atoms. The average molecular weight is 746 g/mol. The van der Waals surface area contributed by atoms with Gasteiger partial charge in [-0.2, -0.15) is 0 Å². The van der Waals surface area contributed by atoms with Gasteiger partial charge in [-0.05, 0) is 87.0 Å². The molecule has 1 aliphatic heterocycles. The standard InChI is InChI=1S/C52H31N3OS/c1-2-13-32(14-3-1)49-53-50(55-51(54-49)36-25-27-40-39-19-6-10-23-45(39)56-46(40)31-36)35-16-12-15-33(29-35)34-26-28-48-44(30-34)52(43-22-9-11-24-47(43)57-48)41-20-7-4-17-37(41)38-18-5-8-21-42(38)52/h1-31H. The minimum absolute atomic E-state index is 0.438. The highest BCUT2D eigenvalue weighted by Gasteiger charge is 2.50. The van der Waals surface area contributed by atoms with Gasteiger partial charge in [-0.1, -0.05) is 157 Å². The number of aromatic nitrogens is 3. The topological polar surface area (TPSA) is 51.8 Å². The predicted molar refractivity (Wildman–Crippen MR) is 230 cm³/mol. The number of hydrogen-bond donors (Lipinski definition) is 0. The Morgan fingerprint density at radius 3 is 1.68 bits per heavy atom. The lowest BCUT2D eigenvalue weighted by Gasteiger charge is -2.40. The first-order chi connectivity index (χ1) is 28.2. The van der Waals surface area contributed by atoms with Crippen LogP contribution in [0, 0.1) is 0 Å². The molecule has 0 fully saturated rings. The lowest BCUT2D eigenvalue weighted by molar-refractivity contribution is 0.669. The maximum Gasteiger partial charge on any atom is 0.164 e. The van der Waals surface area contributed by atoms with Crippen LogP contribution in [0.3, 0.4) is 0 Å². The van der Waals surface area contributed by atoms with Crippen LogP contribution in [0.25, 0.3) is 78.4 Å². The first kappa shape index (κ1) is 32.2. The second-order valence-electron chi connectivity index (χ2n) is 14.7. The van der Waals surface area contributed by atoms with Gasteiger partial charge >= 0.3 is 0 Å². The minimum Gasteiger partial charge on any atom is -0.456 e. The number of benzene rings is 8. The van der Waals surface area contributed by atoms with E-state index in [1.807, 2.05) is 66.4 Å². The van der Waals surface area contributed by atoms with E-state index in [-0.39, 0.29) is 0 Å². The third kappa shape index (κ3) is 4.86. The Balaban J connectivity index is 1.02. The molecule has 266 valence electrons. The van der Waals surface area contributed by atoms with Crippen molar-refractivity contribution in [2.75, 3.05) is 0 Å². The summed E-state index contributed by atoms with van der Waals surface area (Å²) in [5.74, 6) is 1.83. The van der Waals surface area contributed by atoms with E-state index in [4.69, 9.17) is 19.4 Å². The smallest absolute Gasteiger partial charge is 0.164 e. The summed E-state index contributed by atoms with van der Waals surface area (Å²) in [5.41, 5.74) is 14.1. The van der Waals surface area contributed by atoms with E-state index in [1.165, 1.54) is 43.2 Å². The van der Waals surface area contributed by atoms with Crippen molar-refractivity contribution in [1.82, 2.24) is 15.0 Å². The Morgan fingerprint density at radius 2 is 0.895 bits per heavy atom. The Labute approximate surface area is 333 Å². The van der Waals surface area contributed by atoms with Crippen molar-refractivity contribution >= 4 is 33.7 Å². The fourth-order valence-electron chi connectivity index (χ4n) is 9.09. The summed E-state index contributed by atoms with van der Waals surface area (Å²) >= 11 is 1.86. The fraction of sp³-hybridized carbons (Fsp3) is 0.0192. The number of para-hydroxylation sites is 1. The molecule has 0 saturated heterocycles. The highest BCUT2D eigenvalue weighted by atomic mass is 32.2. The second-order valence-corrected chi connectivity index (χ2v) is 15.8. The number of furan rings is 1. The van der Waals surface area contributed by atoms with Crippen molar-refractivity contribution < 1.29 is 4.42 Å². The highest BCUT2D eigenvalue weighted by Crippen LogP contribution is 2.62. The Morgan fingerprint density at radius 1 is 0.351 bits per heavy atom. The molecule has 1 spiro atoms. The molecule has 2 aromatic heterocycles. The van der Waals surface area contributed by atoms with Gasteiger partial charge in [-0.25, -0.2) is 15.0 Å². The van der Waals surface area contributed by atoms with Gasteiger partial charge in [0.2, 0.25) is 0 Å². The third-order valence-corrected chi connectivity index (χ3v) is 12.8. The molecule has 4 nitrogen and oxygen atoms in total. The van der Waals surface area contributed by atoms with Crippen LogP contribution in [0.4, 0.5) is 0 Å². The zero-order chi connectivity index (χ0) is 37.5. The summed E-state index contributed by atoms with van der Waals surface area (Å²) in [7, 11) is 0. The van der Waals surface area contributed by atoms with Crippen LogP contribution in [0.1, 0.15) is 22.3 Å². The van der Waals surface area contributed by atoms with Crippen LogP contribution in [-0.2, 0) is 5.41 Å². The monoisotopic (exact) mass is 745 g/mol. The first-order valence-corrected chi connectivity index (χ1v) is 20.0. The summed E-state index contributed by atoms with van der Waals surface area (Å²) in [6.07, 6.45) is 0. The van der Waals surface area contributed by atoms with Gasteiger partial charge in [-0.3, -0.25) is 0 Å². The molecule has 5 heteroatoms. The molecule has 2 aliphatic rings. The second kappa shape index (κ2) is 12.5. The minimum atomic E-state index is -0.438. The van der Waals surface area contributed by atoms with Gasteiger partial charge in [0.05, 0.1) is 5.41 Å². The van der Waals surface area contributed by atoms with Crippen LogP contribution < -0.4 is 0 Å². The summed E-state index contributed by atoms with van der Waals surface area (Å²) in [6.45, 7) is 0. The van der Waals surface area contributed by atoms with Crippen molar-refractivity contribution in [3.05, 3.63) is 210 Å². The van der Waals surface area contributed by atoms with Gasteiger partial charge in [0.15, 0.2) is 17.5 Å². The van der Waals surface area contributed by atoms with E-state index >= 15 is 0 Å². The summed E-state index contributed by atoms with van der Waals surface area (Å²) in [5, 5.41) is 2.16. The molecule has 0 saturated carbocycles. The van der Waals surface area contributed by atoms with Gasteiger partial charge in [0.25, 0.3) is 0 Å². The predicted octanol–water partition coefficient (Wildman–Crippen LogP) is 13.3. The molecular weight excluding hydrogens is 715 g/mol.